The number of nitrogen functional groups attached to an aromatic ring is 1. The second-order valence-corrected chi connectivity index (χ2v) is 8.71. The van der Waals surface area contributed by atoms with Gasteiger partial charge in [0.05, 0.1) is 30.0 Å². The van der Waals surface area contributed by atoms with Gasteiger partial charge in [-0.25, -0.2) is 23.5 Å². The first-order chi connectivity index (χ1) is 16.2. The summed E-state index contributed by atoms with van der Waals surface area (Å²) in [6.45, 7) is 4.54. The van der Waals surface area contributed by atoms with Gasteiger partial charge in [0.25, 0.3) is 5.92 Å². The minimum Gasteiger partial charge on any atom is -0.382 e. The molecule has 1 atom stereocenters. The van der Waals surface area contributed by atoms with Crippen LogP contribution < -0.4 is 20.9 Å². The molecule has 0 radical (unpaired) electrons. The number of carbonyl (C=O) groups is 1. The number of amides is 2. The van der Waals surface area contributed by atoms with Crippen molar-refractivity contribution in [1.29, 1.82) is 0 Å². The molecule has 0 aromatic carbocycles. The standard InChI is InChI=1S/C22H25F2N9O/c1-13-10-31(8-9-33(13)20-28-16-4-3-7-26-18(16)19(25)30-20)21(34)29-15-5-6-17(27-14(15)2)32-11-22(23,24)12-32/h3-7,13H,8-12H2,1-2H3,(H,29,34)(H2,25,28,30)/t13-/m0/s1. The van der Waals surface area contributed by atoms with Crippen molar-refractivity contribution in [2.24, 2.45) is 0 Å². The number of nitrogens with two attached hydrogens (primary N) is 1. The zero-order valence-electron chi connectivity index (χ0n) is 18.9. The van der Waals surface area contributed by atoms with Gasteiger partial charge in [-0.05, 0) is 38.1 Å². The molecule has 2 aliphatic heterocycles. The molecule has 12 heteroatoms. The molecule has 2 aliphatic rings. The molecule has 5 heterocycles. The Kier molecular flexibility index (Phi) is 5.29. The van der Waals surface area contributed by atoms with Crippen LogP contribution in [-0.4, -0.2) is 75.6 Å². The number of urea groups is 1. The number of hydrogen-bond donors (Lipinski definition) is 2. The van der Waals surface area contributed by atoms with E-state index in [1.54, 1.807) is 36.2 Å². The Morgan fingerprint density at radius 2 is 1.97 bits per heavy atom. The Balaban J connectivity index is 1.23. The molecule has 0 spiro atoms. The number of piperazine rings is 1. The van der Waals surface area contributed by atoms with Gasteiger partial charge in [0.15, 0.2) is 5.82 Å². The molecular weight excluding hydrogens is 444 g/mol. The summed E-state index contributed by atoms with van der Waals surface area (Å²) >= 11 is 0. The van der Waals surface area contributed by atoms with Crippen LogP contribution in [0.5, 0.6) is 0 Å². The van der Waals surface area contributed by atoms with Crippen LogP contribution in [0.1, 0.15) is 12.6 Å². The third-order valence-electron chi connectivity index (χ3n) is 6.12. The molecule has 3 aromatic heterocycles. The van der Waals surface area contributed by atoms with Crippen molar-refractivity contribution in [1.82, 2.24) is 24.8 Å². The lowest BCUT2D eigenvalue weighted by Crippen LogP contribution is -2.56. The minimum absolute atomic E-state index is 0.0392. The van der Waals surface area contributed by atoms with Crippen LogP contribution in [0.15, 0.2) is 30.5 Å². The summed E-state index contributed by atoms with van der Waals surface area (Å²) in [4.78, 5) is 35.8. The fourth-order valence-corrected chi connectivity index (χ4v) is 4.27. The second kappa shape index (κ2) is 8.19. The van der Waals surface area contributed by atoms with Gasteiger partial charge in [0.1, 0.15) is 11.3 Å². The van der Waals surface area contributed by atoms with Crippen LogP contribution in [0, 0.1) is 6.92 Å². The summed E-state index contributed by atoms with van der Waals surface area (Å²) in [6.07, 6.45) is 1.65. The van der Waals surface area contributed by atoms with E-state index in [4.69, 9.17) is 5.73 Å². The Hall–Kier alpha value is -3.83. The van der Waals surface area contributed by atoms with E-state index in [0.717, 1.165) is 0 Å². The van der Waals surface area contributed by atoms with Crippen LogP contribution >= 0.6 is 0 Å². The molecule has 2 saturated heterocycles. The van der Waals surface area contributed by atoms with Crippen LogP contribution in [0.25, 0.3) is 11.0 Å². The highest BCUT2D eigenvalue weighted by Crippen LogP contribution is 2.31. The number of alkyl halides is 2. The molecule has 2 amide bonds. The van der Waals surface area contributed by atoms with Gasteiger partial charge >= 0.3 is 6.03 Å². The quantitative estimate of drug-likeness (QED) is 0.601. The van der Waals surface area contributed by atoms with Gasteiger partial charge in [-0.15, -0.1) is 0 Å². The smallest absolute Gasteiger partial charge is 0.322 e. The topological polar surface area (TPSA) is 116 Å². The SMILES string of the molecule is Cc1nc(N2CC(F)(F)C2)ccc1NC(=O)N1CCN(c2nc(N)c3ncccc3n2)[C@@H](C)C1. The summed E-state index contributed by atoms with van der Waals surface area (Å²) in [6, 6.07) is 6.70. The lowest BCUT2D eigenvalue weighted by atomic mass is 10.1. The first-order valence-corrected chi connectivity index (χ1v) is 11.0. The van der Waals surface area contributed by atoms with E-state index >= 15 is 0 Å². The molecule has 3 aromatic rings. The van der Waals surface area contributed by atoms with Crippen LogP contribution in [0.3, 0.4) is 0 Å². The first kappa shape index (κ1) is 22.0. The number of aromatic nitrogens is 4. The number of carbonyl (C=O) groups excluding carboxylic acids is 1. The third kappa shape index (κ3) is 4.11. The average molecular weight is 470 g/mol. The van der Waals surface area contributed by atoms with Gasteiger partial charge in [0.2, 0.25) is 5.95 Å². The maximum Gasteiger partial charge on any atom is 0.322 e. The van der Waals surface area contributed by atoms with Gasteiger partial charge < -0.3 is 25.8 Å². The molecule has 0 bridgehead atoms. The number of pyridine rings is 2. The molecule has 5 rings (SSSR count). The highest BCUT2D eigenvalue weighted by atomic mass is 19.3. The molecule has 178 valence electrons. The number of nitrogens with zero attached hydrogens (tertiary/aromatic N) is 7. The van der Waals surface area contributed by atoms with Crippen molar-refractivity contribution in [3.63, 3.8) is 0 Å². The zero-order chi connectivity index (χ0) is 24.0. The zero-order valence-corrected chi connectivity index (χ0v) is 18.9. The summed E-state index contributed by atoms with van der Waals surface area (Å²) < 4.78 is 26.3. The van der Waals surface area contributed by atoms with E-state index in [1.807, 2.05) is 17.9 Å². The van der Waals surface area contributed by atoms with E-state index < -0.39 is 5.92 Å². The van der Waals surface area contributed by atoms with Gasteiger partial charge in [-0.3, -0.25) is 4.98 Å². The first-order valence-electron chi connectivity index (χ1n) is 11.0. The molecule has 34 heavy (non-hydrogen) atoms. The van der Waals surface area contributed by atoms with Crippen molar-refractivity contribution >= 4 is 40.3 Å². The van der Waals surface area contributed by atoms with E-state index in [9.17, 15) is 13.6 Å². The summed E-state index contributed by atoms with van der Waals surface area (Å²) in [5, 5.41) is 2.89. The van der Waals surface area contributed by atoms with Crippen LogP contribution in [0.2, 0.25) is 0 Å². The van der Waals surface area contributed by atoms with Crippen molar-refractivity contribution in [2.75, 3.05) is 53.6 Å². The molecular formula is C22H25F2N9O. The highest BCUT2D eigenvalue weighted by molar-refractivity contribution is 5.90. The fourth-order valence-electron chi connectivity index (χ4n) is 4.27. The van der Waals surface area contributed by atoms with Gasteiger partial charge in [-0.1, -0.05) is 0 Å². The molecule has 0 saturated carbocycles. The number of hydrogen-bond acceptors (Lipinski definition) is 8. The van der Waals surface area contributed by atoms with Crippen molar-refractivity contribution in [3.05, 3.63) is 36.2 Å². The average Bonchev–Trinajstić information content (AvgIpc) is 2.78. The maximum atomic E-state index is 13.1. The van der Waals surface area contributed by atoms with Crippen LogP contribution in [-0.2, 0) is 0 Å². The summed E-state index contributed by atoms with van der Waals surface area (Å²) in [5.74, 6) is -1.35. The van der Waals surface area contributed by atoms with Crippen molar-refractivity contribution in [3.8, 4) is 0 Å². The fraction of sp³-hybridized carbons (Fsp3) is 0.409. The monoisotopic (exact) mass is 469 g/mol. The predicted molar refractivity (Wildman–Crippen MR) is 125 cm³/mol. The molecule has 0 aliphatic carbocycles. The minimum atomic E-state index is -2.66. The van der Waals surface area contributed by atoms with Crippen molar-refractivity contribution < 1.29 is 13.6 Å². The number of halogens is 2. The number of anilines is 4. The lowest BCUT2D eigenvalue weighted by Gasteiger charge is -2.40. The predicted octanol–water partition coefficient (Wildman–Crippen LogP) is 2.51. The number of nitrogens with one attached hydrogen (secondary N) is 1. The van der Waals surface area contributed by atoms with Crippen LogP contribution in [0.4, 0.5) is 36.8 Å². The number of aryl methyl sites for hydroxylation is 1. The highest BCUT2D eigenvalue weighted by Gasteiger charge is 2.44. The number of rotatable bonds is 3. The Morgan fingerprint density at radius 3 is 2.68 bits per heavy atom. The Morgan fingerprint density at radius 1 is 1.18 bits per heavy atom. The summed E-state index contributed by atoms with van der Waals surface area (Å²) in [7, 11) is 0. The molecule has 10 nitrogen and oxygen atoms in total. The second-order valence-electron chi connectivity index (χ2n) is 8.71. The largest absolute Gasteiger partial charge is 0.382 e. The Labute approximate surface area is 194 Å². The normalized spacial score (nSPS) is 19.8. The van der Waals surface area contributed by atoms with Gasteiger partial charge in [-0.2, -0.15) is 4.98 Å². The van der Waals surface area contributed by atoms with E-state index in [2.05, 4.69) is 25.3 Å². The van der Waals surface area contributed by atoms with E-state index in [1.165, 1.54) is 4.90 Å². The lowest BCUT2D eigenvalue weighted by molar-refractivity contribution is -0.0267. The molecule has 0 unspecified atom stereocenters. The van der Waals surface area contributed by atoms with E-state index in [-0.39, 0.29) is 25.2 Å². The third-order valence-corrected chi connectivity index (χ3v) is 6.12. The van der Waals surface area contributed by atoms with E-state index in [0.29, 0.717) is 59.6 Å². The Bertz CT molecular complexity index is 1250. The van der Waals surface area contributed by atoms with Gasteiger partial charge in [0, 0.05) is 31.9 Å². The summed E-state index contributed by atoms with van der Waals surface area (Å²) in [5.41, 5.74) is 8.44. The molecule has 2 fully saturated rings. The maximum absolute atomic E-state index is 13.1. The van der Waals surface area contributed by atoms with Crippen molar-refractivity contribution in [2.45, 2.75) is 25.8 Å². The molecule has 3 N–H and O–H groups in total. The number of fused-ring (bicyclic) bond motifs is 1.